The van der Waals surface area contributed by atoms with Crippen LogP contribution in [0.2, 0.25) is 0 Å². The third-order valence-electron chi connectivity index (χ3n) is 5.59. The quantitative estimate of drug-likeness (QED) is 0.548. The van der Waals surface area contributed by atoms with Gasteiger partial charge in [-0.2, -0.15) is 5.10 Å². The van der Waals surface area contributed by atoms with Gasteiger partial charge < -0.3 is 9.88 Å². The minimum atomic E-state index is -0.0576. The Morgan fingerprint density at radius 1 is 1.24 bits per heavy atom. The van der Waals surface area contributed by atoms with E-state index < -0.39 is 0 Å². The van der Waals surface area contributed by atoms with Gasteiger partial charge in [0.2, 0.25) is 0 Å². The molecule has 0 saturated carbocycles. The molecule has 0 atom stereocenters. The van der Waals surface area contributed by atoms with Gasteiger partial charge >= 0.3 is 0 Å². The number of rotatable bonds is 3. The van der Waals surface area contributed by atoms with Crippen molar-refractivity contribution in [3.05, 3.63) is 59.0 Å². The zero-order chi connectivity index (χ0) is 20.1. The zero-order valence-electron chi connectivity index (χ0n) is 16.4. The first-order chi connectivity index (χ1) is 14.0. The Balaban J connectivity index is 1.49. The van der Waals surface area contributed by atoms with E-state index in [0.29, 0.717) is 17.8 Å². The van der Waals surface area contributed by atoms with Crippen LogP contribution in [0.1, 0.15) is 38.5 Å². The molecule has 0 aliphatic carbocycles. The van der Waals surface area contributed by atoms with Crippen molar-refractivity contribution in [1.29, 1.82) is 0 Å². The van der Waals surface area contributed by atoms with Crippen molar-refractivity contribution in [1.82, 2.24) is 24.6 Å². The van der Waals surface area contributed by atoms with Crippen LogP contribution in [-0.4, -0.2) is 37.6 Å². The molecule has 4 heterocycles. The lowest BCUT2D eigenvalue weighted by atomic mass is 10.0. The highest BCUT2D eigenvalue weighted by molar-refractivity contribution is 6.03. The van der Waals surface area contributed by atoms with E-state index in [-0.39, 0.29) is 18.1 Å². The van der Waals surface area contributed by atoms with Gasteiger partial charge in [0.05, 0.1) is 5.69 Å². The van der Waals surface area contributed by atoms with Crippen LogP contribution in [0.4, 0.5) is 0 Å². The highest BCUT2D eigenvalue weighted by atomic mass is 16.2. The van der Waals surface area contributed by atoms with E-state index in [2.05, 4.69) is 15.4 Å². The first-order valence-electron chi connectivity index (χ1n) is 9.74. The van der Waals surface area contributed by atoms with Gasteiger partial charge in [-0.3, -0.25) is 14.3 Å². The van der Waals surface area contributed by atoms with Crippen LogP contribution in [0.15, 0.2) is 36.5 Å². The van der Waals surface area contributed by atoms with Crippen molar-refractivity contribution >= 4 is 33.6 Å². The molecule has 7 heteroatoms. The van der Waals surface area contributed by atoms with E-state index in [0.717, 1.165) is 46.2 Å². The standard InChI is InChI=1S/C22H21N5O2/c1-13-17-8-14(12-24-21(17)26(2)25-13)9-20(28)16-5-4-15-10-19-22(29)23-6-3-7-27(19)18(15)11-16/h4-5,8,10-12H,3,6-7,9H2,1-2H3,(H,23,29). The van der Waals surface area contributed by atoms with Crippen LogP contribution in [0.5, 0.6) is 0 Å². The maximum absolute atomic E-state index is 13.0. The van der Waals surface area contributed by atoms with Gasteiger partial charge in [-0.05, 0) is 37.1 Å². The second kappa shape index (κ2) is 6.55. The average molecular weight is 387 g/mol. The molecular weight excluding hydrogens is 366 g/mol. The summed E-state index contributed by atoms with van der Waals surface area (Å²) >= 11 is 0. The lowest BCUT2D eigenvalue weighted by molar-refractivity contribution is 0.0950. The van der Waals surface area contributed by atoms with Crippen molar-refractivity contribution in [3.63, 3.8) is 0 Å². The molecule has 7 nitrogen and oxygen atoms in total. The Morgan fingerprint density at radius 2 is 2.10 bits per heavy atom. The van der Waals surface area contributed by atoms with E-state index in [1.54, 1.807) is 10.9 Å². The van der Waals surface area contributed by atoms with Crippen molar-refractivity contribution < 1.29 is 9.59 Å². The van der Waals surface area contributed by atoms with E-state index >= 15 is 0 Å². The lowest BCUT2D eigenvalue weighted by Crippen LogP contribution is -2.22. The van der Waals surface area contributed by atoms with E-state index in [9.17, 15) is 9.59 Å². The number of carbonyl (C=O) groups excluding carboxylic acids is 2. The summed E-state index contributed by atoms with van der Waals surface area (Å²) < 4.78 is 3.76. The summed E-state index contributed by atoms with van der Waals surface area (Å²) in [6, 6.07) is 9.55. The first kappa shape index (κ1) is 17.6. The molecule has 0 spiro atoms. The highest BCUT2D eigenvalue weighted by Crippen LogP contribution is 2.24. The molecule has 0 fully saturated rings. The van der Waals surface area contributed by atoms with Crippen molar-refractivity contribution in [2.75, 3.05) is 6.54 Å². The number of benzene rings is 1. The maximum atomic E-state index is 13.0. The van der Waals surface area contributed by atoms with Gasteiger partial charge in [0.25, 0.3) is 5.91 Å². The summed E-state index contributed by atoms with van der Waals surface area (Å²) in [7, 11) is 1.86. The molecule has 0 saturated heterocycles. The third-order valence-corrected chi connectivity index (χ3v) is 5.59. The number of pyridine rings is 1. The van der Waals surface area contributed by atoms with Crippen LogP contribution >= 0.6 is 0 Å². The number of nitrogens with one attached hydrogen (secondary N) is 1. The summed E-state index contributed by atoms with van der Waals surface area (Å²) in [4.78, 5) is 29.7. The summed E-state index contributed by atoms with van der Waals surface area (Å²) in [5.74, 6) is -0.0268. The third kappa shape index (κ3) is 2.90. The Morgan fingerprint density at radius 3 is 2.97 bits per heavy atom. The normalized spacial score (nSPS) is 14.1. The summed E-state index contributed by atoms with van der Waals surface area (Å²) in [6.45, 7) is 3.37. The molecular formula is C22H21N5O2. The number of hydrogen-bond acceptors (Lipinski definition) is 4. The number of ketones is 1. The number of Topliss-reactive ketones (excluding diaryl/α,β-unsaturated/α-hetero) is 1. The van der Waals surface area contributed by atoms with Gasteiger partial charge in [-0.15, -0.1) is 0 Å². The van der Waals surface area contributed by atoms with Crippen molar-refractivity contribution in [2.24, 2.45) is 7.05 Å². The average Bonchev–Trinajstić information content (AvgIpc) is 3.14. The summed E-state index contributed by atoms with van der Waals surface area (Å²) in [6.07, 6.45) is 2.89. The minimum absolute atomic E-state index is 0.0308. The summed E-state index contributed by atoms with van der Waals surface area (Å²) in [5, 5.41) is 9.24. The number of aromatic nitrogens is 4. The number of carbonyl (C=O) groups is 2. The maximum Gasteiger partial charge on any atom is 0.267 e. The van der Waals surface area contributed by atoms with Gasteiger partial charge in [0.1, 0.15) is 5.69 Å². The Bertz CT molecular complexity index is 1300. The van der Waals surface area contributed by atoms with Crippen LogP contribution in [0, 0.1) is 6.92 Å². The number of fused-ring (bicyclic) bond motifs is 4. The highest BCUT2D eigenvalue weighted by Gasteiger charge is 2.19. The topological polar surface area (TPSA) is 81.8 Å². The molecule has 0 radical (unpaired) electrons. The zero-order valence-corrected chi connectivity index (χ0v) is 16.4. The Kier molecular flexibility index (Phi) is 3.97. The van der Waals surface area contributed by atoms with E-state index in [1.165, 1.54) is 0 Å². The van der Waals surface area contributed by atoms with Gasteiger partial charge in [-0.1, -0.05) is 12.1 Å². The molecule has 0 unspecified atom stereocenters. The SMILES string of the molecule is Cc1nn(C)c2ncc(CC(=O)c3ccc4cc5n(c4c3)CCCNC5=O)cc12. The molecule has 29 heavy (non-hydrogen) atoms. The van der Waals surface area contributed by atoms with Gasteiger partial charge in [0.15, 0.2) is 11.4 Å². The molecule has 3 aromatic heterocycles. The van der Waals surface area contributed by atoms with Gasteiger partial charge in [-0.25, -0.2) is 4.98 Å². The molecule has 5 rings (SSSR count). The number of hydrogen-bond donors (Lipinski definition) is 1. The van der Waals surface area contributed by atoms with E-state index in [4.69, 9.17) is 0 Å². The first-order valence-corrected chi connectivity index (χ1v) is 9.74. The predicted octanol–water partition coefficient (Wildman–Crippen LogP) is 2.79. The minimum Gasteiger partial charge on any atom is -0.351 e. The molecule has 1 amide bonds. The second-order valence-electron chi connectivity index (χ2n) is 7.59. The molecule has 1 N–H and O–H groups in total. The molecule has 1 aliphatic heterocycles. The van der Waals surface area contributed by atoms with Crippen LogP contribution in [0.25, 0.3) is 21.9 Å². The van der Waals surface area contributed by atoms with Crippen LogP contribution in [0.3, 0.4) is 0 Å². The summed E-state index contributed by atoms with van der Waals surface area (Å²) in [5.41, 5.74) is 4.82. The molecule has 1 aromatic carbocycles. The molecule has 0 bridgehead atoms. The number of amides is 1. The van der Waals surface area contributed by atoms with Crippen molar-refractivity contribution in [3.8, 4) is 0 Å². The fraction of sp³-hybridized carbons (Fsp3) is 0.273. The lowest BCUT2D eigenvalue weighted by Gasteiger charge is -2.07. The Labute approximate surface area is 167 Å². The second-order valence-corrected chi connectivity index (χ2v) is 7.59. The van der Waals surface area contributed by atoms with Crippen LogP contribution in [-0.2, 0) is 20.0 Å². The fourth-order valence-corrected chi connectivity index (χ4v) is 4.12. The van der Waals surface area contributed by atoms with Crippen LogP contribution < -0.4 is 5.32 Å². The van der Waals surface area contributed by atoms with Gasteiger partial charge in [0, 0.05) is 54.6 Å². The molecule has 146 valence electrons. The number of aryl methyl sites for hydroxylation is 3. The largest absolute Gasteiger partial charge is 0.351 e. The van der Waals surface area contributed by atoms with Crippen molar-refractivity contribution in [2.45, 2.75) is 26.3 Å². The smallest absolute Gasteiger partial charge is 0.267 e. The Hall–Kier alpha value is -3.48. The predicted molar refractivity (Wildman–Crippen MR) is 110 cm³/mol. The monoisotopic (exact) mass is 387 g/mol. The number of nitrogens with zero attached hydrogens (tertiary/aromatic N) is 4. The fourth-order valence-electron chi connectivity index (χ4n) is 4.12. The van der Waals surface area contributed by atoms with E-state index in [1.807, 2.05) is 48.9 Å². The molecule has 4 aromatic rings. The molecule has 1 aliphatic rings.